The van der Waals surface area contributed by atoms with Crippen molar-refractivity contribution in [3.05, 3.63) is 50.4 Å². The van der Waals surface area contributed by atoms with Crippen LogP contribution in [0.2, 0.25) is 0 Å². The summed E-state index contributed by atoms with van der Waals surface area (Å²) in [6.07, 6.45) is 0.547. The van der Waals surface area contributed by atoms with Crippen LogP contribution in [0.4, 0.5) is 0 Å². The lowest BCUT2D eigenvalue weighted by atomic mass is 9.99. The van der Waals surface area contributed by atoms with E-state index in [4.69, 9.17) is 4.74 Å². The lowest BCUT2D eigenvalue weighted by Gasteiger charge is -2.21. The SMILES string of the molecule is CCC(C)C(NC(=O)c1cc(Oc2c(Br)cc(C(C)(O)[PH2]=O)cc2Br)ccc1O)C(=O)O. The largest absolute Gasteiger partial charge is 0.507 e. The first-order valence-electron chi connectivity index (χ1n) is 9.64. The molecular formula is C21H24Br2NO7P. The average Bonchev–Trinajstić information content (AvgIpc) is 2.74. The molecule has 11 heteroatoms. The molecule has 0 fully saturated rings. The lowest BCUT2D eigenvalue weighted by Crippen LogP contribution is -2.45. The highest BCUT2D eigenvalue weighted by Crippen LogP contribution is 2.42. The number of rotatable bonds is 9. The van der Waals surface area contributed by atoms with E-state index in [0.29, 0.717) is 26.7 Å². The van der Waals surface area contributed by atoms with Crippen LogP contribution in [0, 0.1) is 5.92 Å². The number of carbonyl (C=O) groups is 2. The predicted octanol–water partition coefficient (Wildman–Crippen LogP) is 4.86. The fraction of sp³-hybridized carbons (Fsp3) is 0.333. The molecule has 0 bridgehead atoms. The lowest BCUT2D eigenvalue weighted by molar-refractivity contribution is -0.140. The van der Waals surface area contributed by atoms with Gasteiger partial charge >= 0.3 is 5.97 Å². The smallest absolute Gasteiger partial charge is 0.326 e. The van der Waals surface area contributed by atoms with Crippen LogP contribution in [-0.2, 0) is 14.7 Å². The molecule has 0 aromatic heterocycles. The zero-order valence-corrected chi connectivity index (χ0v) is 21.9. The summed E-state index contributed by atoms with van der Waals surface area (Å²) in [5.41, 5.74) is 0.280. The van der Waals surface area contributed by atoms with E-state index in [2.05, 4.69) is 37.2 Å². The van der Waals surface area contributed by atoms with Gasteiger partial charge in [0.25, 0.3) is 5.91 Å². The third kappa shape index (κ3) is 6.13. The Labute approximate surface area is 203 Å². The molecule has 0 heterocycles. The topological polar surface area (TPSA) is 133 Å². The highest BCUT2D eigenvalue weighted by atomic mass is 79.9. The number of benzene rings is 2. The molecule has 0 aliphatic heterocycles. The second kappa shape index (κ2) is 10.8. The van der Waals surface area contributed by atoms with Crippen molar-refractivity contribution in [1.82, 2.24) is 5.32 Å². The molecule has 0 saturated heterocycles. The number of phenols is 1. The highest BCUT2D eigenvalue weighted by Gasteiger charge is 2.27. The quantitative estimate of drug-likeness (QED) is 0.306. The summed E-state index contributed by atoms with van der Waals surface area (Å²) < 4.78 is 18.1. The summed E-state index contributed by atoms with van der Waals surface area (Å²) in [5, 5.41) is 30.7. The molecule has 2 aromatic rings. The molecule has 1 amide bonds. The molecule has 32 heavy (non-hydrogen) atoms. The van der Waals surface area contributed by atoms with Crippen molar-refractivity contribution in [2.75, 3.05) is 0 Å². The van der Waals surface area contributed by atoms with Crippen LogP contribution in [0.5, 0.6) is 17.2 Å². The van der Waals surface area contributed by atoms with E-state index in [1.54, 1.807) is 19.1 Å². The van der Waals surface area contributed by atoms with Gasteiger partial charge in [-0.3, -0.25) is 4.79 Å². The summed E-state index contributed by atoms with van der Waals surface area (Å²) in [5.74, 6) is -2.01. The van der Waals surface area contributed by atoms with Crippen LogP contribution >= 0.6 is 40.3 Å². The minimum Gasteiger partial charge on any atom is -0.507 e. The number of halogens is 2. The molecule has 0 spiro atoms. The van der Waals surface area contributed by atoms with Crippen LogP contribution in [0.3, 0.4) is 0 Å². The number of carboxylic acids is 1. The van der Waals surface area contributed by atoms with E-state index in [1.807, 2.05) is 6.92 Å². The van der Waals surface area contributed by atoms with Crippen LogP contribution in [0.15, 0.2) is 39.3 Å². The Kier molecular flexibility index (Phi) is 8.93. The second-order valence-electron chi connectivity index (χ2n) is 7.49. The molecule has 2 rings (SSSR count). The van der Waals surface area contributed by atoms with Gasteiger partial charge in [0.1, 0.15) is 22.9 Å². The molecule has 4 N–H and O–H groups in total. The van der Waals surface area contributed by atoms with Crippen LogP contribution in [-0.4, -0.2) is 33.2 Å². The fourth-order valence-electron chi connectivity index (χ4n) is 2.80. The third-order valence-electron chi connectivity index (χ3n) is 5.01. The van der Waals surface area contributed by atoms with E-state index in [9.17, 15) is 29.5 Å². The Morgan fingerprint density at radius 3 is 2.31 bits per heavy atom. The highest BCUT2D eigenvalue weighted by molar-refractivity contribution is 9.11. The Morgan fingerprint density at radius 2 is 1.81 bits per heavy atom. The Bertz CT molecular complexity index is 1020. The number of ether oxygens (including phenoxy) is 1. The van der Waals surface area contributed by atoms with Gasteiger partial charge in [0.15, 0.2) is 5.75 Å². The van der Waals surface area contributed by atoms with Gasteiger partial charge in [-0.15, -0.1) is 0 Å². The van der Waals surface area contributed by atoms with Crippen molar-refractivity contribution in [3.63, 3.8) is 0 Å². The minimum atomic E-state index is -1.48. The first-order valence-corrected chi connectivity index (χ1v) is 12.3. The van der Waals surface area contributed by atoms with Gasteiger partial charge in [0.05, 0.1) is 23.0 Å². The zero-order chi connectivity index (χ0) is 24.2. The van der Waals surface area contributed by atoms with Crippen molar-refractivity contribution in [1.29, 1.82) is 0 Å². The number of aromatic hydroxyl groups is 1. The number of carbonyl (C=O) groups excluding carboxylic acids is 1. The van der Waals surface area contributed by atoms with Gasteiger partial charge in [-0.25, -0.2) is 4.79 Å². The van der Waals surface area contributed by atoms with E-state index < -0.39 is 31.7 Å². The maximum atomic E-state index is 12.7. The maximum absolute atomic E-state index is 12.7. The Morgan fingerprint density at radius 1 is 1.22 bits per heavy atom. The number of hydrogen-bond acceptors (Lipinski definition) is 6. The molecule has 0 aliphatic carbocycles. The van der Waals surface area contributed by atoms with E-state index in [-0.39, 0.29) is 23.0 Å². The van der Waals surface area contributed by atoms with Gasteiger partial charge in [-0.1, -0.05) is 20.3 Å². The molecule has 0 saturated carbocycles. The summed E-state index contributed by atoms with van der Waals surface area (Å²) in [6, 6.07) is 6.05. The number of amides is 1. The molecule has 0 radical (unpaired) electrons. The average molecular weight is 593 g/mol. The van der Waals surface area contributed by atoms with Crippen molar-refractivity contribution in [3.8, 4) is 17.2 Å². The van der Waals surface area contributed by atoms with Gasteiger partial charge in [-0.2, -0.15) is 0 Å². The number of carboxylic acid groups (broad SMARTS) is 1. The van der Waals surface area contributed by atoms with E-state index in [0.717, 1.165) is 0 Å². The number of aliphatic hydroxyl groups is 1. The molecule has 0 aliphatic rings. The van der Waals surface area contributed by atoms with Crippen molar-refractivity contribution in [2.24, 2.45) is 5.92 Å². The van der Waals surface area contributed by atoms with Gasteiger partial charge in [0, 0.05) is 0 Å². The predicted molar refractivity (Wildman–Crippen MR) is 128 cm³/mol. The van der Waals surface area contributed by atoms with Crippen LogP contribution in [0.1, 0.15) is 43.1 Å². The standard InChI is InChI=1S/C21H24Br2NO7P/c1-4-10(2)17(20(27)28)24-19(26)13-9-12(5-6-16(13)25)31-18-14(22)7-11(8-15(18)23)21(3,29)32-30/h5-10,17,25,29H,4,32H2,1-3H3,(H,24,26)(H,27,28). The normalized spacial score (nSPS) is 15.2. The molecule has 8 nitrogen and oxygen atoms in total. The maximum Gasteiger partial charge on any atom is 0.326 e. The van der Waals surface area contributed by atoms with Gasteiger partial charge < -0.3 is 29.9 Å². The molecule has 2 aromatic carbocycles. The van der Waals surface area contributed by atoms with E-state index >= 15 is 0 Å². The number of nitrogens with one attached hydrogen (secondary N) is 1. The fourth-order valence-corrected chi connectivity index (χ4v) is 4.45. The Balaban J connectivity index is 2.35. The first-order chi connectivity index (χ1) is 14.9. The second-order valence-corrected chi connectivity index (χ2v) is 10.6. The number of aliphatic carboxylic acids is 1. The molecule has 174 valence electrons. The monoisotopic (exact) mass is 591 g/mol. The van der Waals surface area contributed by atoms with Crippen LogP contribution in [0.25, 0.3) is 0 Å². The number of phenolic OH excluding ortho intramolecular Hbond substituents is 1. The summed E-state index contributed by atoms with van der Waals surface area (Å²) >= 11 is 6.72. The van der Waals surface area contributed by atoms with E-state index in [1.165, 1.54) is 25.1 Å². The van der Waals surface area contributed by atoms with Crippen LogP contribution < -0.4 is 10.1 Å². The molecular weight excluding hydrogens is 569 g/mol. The van der Waals surface area contributed by atoms with Gasteiger partial charge in [-0.05, 0) is 80.6 Å². The summed E-state index contributed by atoms with van der Waals surface area (Å²) in [6.45, 7) is 4.97. The Hall–Kier alpha value is -1.87. The minimum absolute atomic E-state index is 0.140. The third-order valence-corrected chi connectivity index (χ3v) is 6.98. The molecule has 4 atom stereocenters. The van der Waals surface area contributed by atoms with Crippen molar-refractivity contribution in [2.45, 2.75) is 38.6 Å². The molecule has 4 unspecified atom stereocenters. The van der Waals surface area contributed by atoms with Gasteiger partial charge in [0.2, 0.25) is 0 Å². The summed E-state index contributed by atoms with van der Waals surface area (Å²) in [7, 11) is -1.48. The van der Waals surface area contributed by atoms with Crippen molar-refractivity contribution < 1.29 is 34.2 Å². The number of hydrogen-bond donors (Lipinski definition) is 4. The summed E-state index contributed by atoms with van der Waals surface area (Å²) in [4.78, 5) is 24.2. The zero-order valence-electron chi connectivity index (χ0n) is 17.6. The first kappa shape index (κ1) is 26.4. The van der Waals surface area contributed by atoms with Crippen molar-refractivity contribution >= 4 is 52.2 Å².